The molecule has 1 rings (SSSR count). The molecule has 0 aliphatic rings. The third kappa shape index (κ3) is 3.57. The van der Waals surface area contributed by atoms with Crippen molar-refractivity contribution in [2.45, 2.75) is 26.7 Å². The minimum atomic E-state index is 0.203. The van der Waals surface area contributed by atoms with Gasteiger partial charge in [0.05, 0.1) is 13.7 Å². The van der Waals surface area contributed by atoms with Gasteiger partial charge < -0.3 is 14.3 Å². The summed E-state index contributed by atoms with van der Waals surface area (Å²) in [7, 11) is 1.62. The molecule has 0 unspecified atom stereocenters. The third-order valence-corrected chi connectivity index (χ3v) is 2.29. The summed E-state index contributed by atoms with van der Waals surface area (Å²) >= 11 is 0. The van der Waals surface area contributed by atoms with Crippen LogP contribution in [0, 0.1) is 0 Å². The molecule has 3 heteroatoms. The molecule has 1 aromatic carbocycles. The number of aryl methyl sites for hydroxylation is 1. The molecule has 0 aliphatic carbocycles. The van der Waals surface area contributed by atoms with Crippen molar-refractivity contribution in [3.05, 3.63) is 23.8 Å². The molecule has 1 aromatic rings. The Kier molecular flexibility index (Phi) is 4.83. The quantitative estimate of drug-likeness (QED) is 0.742. The molecular weight excluding hydrogens is 204 g/mol. The van der Waals surface area contributed by atoms with Gasteiger partial charge in [-0.2, -0.15) is 0 Å². The standard InChI is InChI=1S/C13H18O3/c1-4-16-13-9-11(6-5-10(2)14)7-8-12(13)15-3/h7-9H,4-6H2,1-3H3. The van der Waals surface area contributed by atoms with Crippen molar-refractivity contribution < 1.29 is 14.3 Å². The Labute approximate surface area is 96.4 Å². The van der Waals surface area contributed by atoms with Crippen LogP contribution in [0.2, 0.25) is 0 Å². The van der Waals surface area contributed by atoms with Gasteiger partial charge in [-0.05, 0) is 38.0 Å². The van der Waals surface area contributed by atoms with Gasteiger partial charge in [0.1, 0.15) is 5.78 Å². The van der Waals surface area contributed by atoms with Gasteiger partial charge in [-0.3, -0.25) is 0 Å². The molecule has 0 aliphatic heterocycles. The van der Waals surface area contributed by atoms with E-state index in [1.165, 1.54) is 0 Å². The number of carbonyl (C=O) groups excluding carboxylic acids is 1. The van der Waals surface area contributed by atoms with E-state index in [4.69, 9.17) is 9.47 Å². The maximum absolute atomic E-state index is 10.9. The molecule has 88 valence electrons. The third-order valence-electron chi connectivity index (χ3n) is 2.29. The number of hydrogen-bond donors (Lipinski definition) is 0. The van der Waals surface area contributed by atoms with Crippen LogP contribution in [-0.2, 0) is 11.2 Å². The maximum atomic E-state index is 10.9. The second-order valence-electron chi connectivity index (χ2n) is 3.62. The Morgan fingerprint density at radius 1 is 1.31 bits per heavy atom. The van der Waals surface area contributed by atoms with Gasteiger partial charge in [0.2, 0.25) is 0 Å². The van der Waals surface area contributed by atoms with Gasteiger partial charge in [0.15, 0.2) is 11.5 Å². The topological polar surface area (TPSA) is 35.5 Å². The van der Waals surface area contributed by atoms with Crippen LogP contribution in [0.25, 0.3) is 0 Å². The Hall–Kier alpha value is -1.51. The summed E-state index contributed by atoms with van der Waals surface area (Å²) in [6, 6.07) is 5.77. The predicted molar refractivity (Wildman–Crippen MR) is 63.2 cm³/mol. The average Bonchev–Trinajstić information content (AvgIpc) is 2.27. The highest BCUT2D eigenvalue weighted by atomic mass is 16.5. The first-order chi connectivity index (χ1) is 7.67. The van der Waals surface area contributed by atoms with Crippen LogP contribution in [0.4, 0.5) is 0 Å². The number of rotatable bonds is 6. The van der Waals surface area contributed by atoms with Gasteiger partial charge in [0.25, 0.3) is 0 Å². The van der Waals surface area contributed by atoms with Crippen molar-refractivity contribution in [3.8, 4) is 11.5 Å². The van der Waals surface area contributed by atoms with Crippen LogP contribution in [0.15, 0.2) is 18.2 Å². The van der Waals surface area contributed by atoms with Crippen molar-refractivity contribution in [2.75, 3.05) is 13.7 Å². The minimum Gasteiger partial charge on any atom is -0.493 e. The second kappa shape index (κ2) is 6.16. The number of Topliss-reactive ketones (excluding diaryl/α,β-unsaturated/α-hetero) is 1. The molecule has 0 aromatic heterocycles. The molecule has 3 nitrogen and oxygen atoms in total. The molecule has 0 heterocycles. The highest BCUT2D eigenvalue weighted by Crippen LogP contribution is 2.28. The molecular formula is C13H18O3. The molecule has 0 atom stereocenters. The van der Waals surface area contributed by atoms with E-state index in [0.29, 0.717) is 13.0 Å². The lowest BCUT2D eigenvalue weighted by Crippen LogP contribution is -1.98. The predicted octanol–water partition coefficient (Wildman–Crippen LogP) is 2.62. The van der Waals surface area contributed by atoms with Gasteiger partial charge in [-0.1, -0.05) is 6.07 Å². The Balaban J connectivity index is 2.79. The largest absolute Gasteiger partial charge is 0.493 e. The van der Waals surface area contributed by atoms with Gasteiger partial charge in [0, 0.05) is 6.42 Å². The second-order valence-corrected chi connectivity index (χ2v) is 3.62. The first kappa shape index (κ1) is 12.6. The van der Waals surface area contributed by atoms with E-state index in [1.54, 1.807) is 14.0 Å². The first-order valence-corrected chi connectivity index (χ1v) is 5.46. The van der Waals surface area contributed by atoms with Crippen molar-refractivity contribution in [1.82, 2.24) is 0 Å². The maximum Gasteiger partial charge on any atom is 0.161 e. The molecule has 0 saturated heterocycles. The van der Waals surface area contributed by atoms with Crippen LogP contribution < -0.4 is 9.47 Å². The zero-order chi connectivity index (χ0) is 12.0. The van der Waals surface area contributed by atoms with Crippen LogP contribution in [-0.4, -0.2) is 19.5 Å². The number of hydrogen-bond acceptors (Lipinski definition) is 3. The Morgan fingerprint density at radius 2 is 2.06 bits per heavy atom. The lowest BCUT2D eigenvalue weighted by Gasteiger charge is -2.10. The summed E-state index contributed by atoms with van der Waals surface area (Å²) in [4.78, 5) is 10.9. The van der Waals surface area contributed by atoms with E-state index in [2.05, 4.69) is 0 Å². The van der Waals surface area contributed by atoms with Gasteiger partial charge in [-0.15, -0.1) is 0 Å². The molecule has 0 spiro atoms. The number of ether oxygens (including phenoxy) is 2. The van der Waals surface area contributed by atoms with Crippen molar-refractivity contribution >= 4 is 5.78 Å². The smallest absolute Gasteiger partial charge is 0.161 e. The van der Waals surface area contributed by atoms with E-state index >= 15 is 0 Å². The lowest BCUT2D eigenvalue weighted by molar-refractivity contribution is -0.116. The average molecular weight is 222 g/mol. The van der Waals surface area contributed by atoms with Gasteiger partial charge in [-0.25, -0.2) is 0 Å². The molecule has 0 radical (unpaired) electrons. The number of ketones is 1. The summed E-state index contributed by atoms with van der Waals surface area (Å²) in [6.45, 7) is 4.14. The number of methoxy groups -OCH3 is 1. The SMILES string of the molecule is CCOc1cc(CCC(C)=O)ccc1OC. The molecule has 16 heavy (non-hydrogen) atoms. The summed E-state index contributed by atoms with van der Waals surface area (Å²) in [5.74, 6) is 1.67. The fourth-order valence-corrected chi connectivity index (χ4v) is 1.47. The van der Waals surface area contributed by atoms with E-state index in [9.17, 15) is 4.79 Å². The molecule has 0 amide bonds. The summed E-state index contributed by atoms with van der Waals surface area (Å²) < 4.78 is 10.7. The minimum absolute atomic E-state index is 0.203. The van der Waals surface area contributed by atoms with E-state index in [-0.39, 0.29) is 5.78 Å². The Morgan fingerprint density at radius 3 is 2.62 bits per heavy atom. The van der Waals surface area contributed by atoms with Crippen LogP contribution >= 0.6 is 0 Å². The highest BCUT2D eigenvalue weighted by Gasteiger charge is 2.05. The Bertz CT molecular complexity index is 358. The fraction of sp³-hybridized carbons (Fsp3) is 0.462. The van der Waals surface area contributed by atoms with E-state index in [1.807, 2.05) is 25.1 Å². The van der Waals surface area contributed by atoms with Crippen molar-refractivity contribution in [2.24, 2.45) is 0 Å². The normalized spacial score (nSPS) is 9.94. The van der Waals surface area contributed by atoms with Gasteiger partial charge >= 0.3 is 0 Å². The summed E-state index contributed by atoms with van der Waals surface area (Å²) in [5, 5.41) is 0. The lowest BCUT2D eigenvalue weighted by atomic mass is 10.1. The first-order valence-electron chi connectivity index (χ1n) is 5.46. The fourth-order valence-electron chi connectivity index (χ4n) is 1.47. The number of carbonyl (C=O) groups is 1. The monoisotopic (exact) mass is 222 g/mol. The van der Waals surface area contributed by atoms with Crippen LogP contribution in [0.1, 0.15) is 25.8 Å². The summed E-state index contributed by atoms with van der Waals surface area (Å²) in [6.07, 6.45) is 1.32. The zero-order valence-electron chi connectivity index (χ0n) is 10.1. The van der Waals surface area contributed by atoms with E-state index < -0.39 is 0 Å². The van der Waals surface area contributed by atoms with Crippen LogP contribution in [0.3, 0.4) is 0 Å². The molecule has 0 saturated carbocycles. The molecule has 0 bridgehead atoms. The zero-order valence-corrected chi connectivity index (χ0v) is 10.1. The molecule has 0 fully saturated rings. The van der Waals surface area contributed by atoms with Crippen LogP contribution in [0.5, 0.6) is 11.5 Å². The highest BCUT2D eigenvalue weighted by molar-refractivity contribution is 5.75. The molecule has 0 N–H and O–H groups in total. The number of benzene rings is 1. The van der Waals surface area contributed by atoms with Crippen molar-refractivity contribution in [3.63, 3.8) is 0 Å². The van der Waals surface area contributed by atoms with Crippen molar-refractivity contribution in [1.29, 1.82) is 0 Å². The summed E-state index contributed by atoms with van der Waals surface area (Å²) in [5.41, 5.74) is 1.10. The van der Waals surface area contributed by atoms with E-state index in [0.717, 1.165) is 23.5 Å².